The Labute approximate surface area is 172 Å². The molecule has 0 aliphatic heterocycles. The summed E-state index contributed by atoms with van der Waals surface area (Å²) in [7, 11) is 1.62. The number of benzene rings is 2. The maximum Gasteiger partial charge on any atom is 0.178 e. The van der Waals surface area contributed by atoms with Gasteiger partial charge in [-0.1, -0.05) is 32.9 Å². The van der Waals surface area contributed by atoms with Crippen LogP contribution in [0.15, 0.2) is 42.0 Å². The number of ketones is 1. The van der Waals surface area contributed by atoms with Gasteiger partial charge in [0, 0.05) is 11.0 Å². The molecular weight excluding hydrogens is 362 g/mol. The lowest BCUT2D eigenvalue weighted by Crippen LogP contribution is -2.21. The van der Waals surface area contributed by atoms with Crippen LogP contribution in [0.2, 0.25) is 0 Å². The van der Waals surface area contributed by atoms with E-state index in [4.69, 9.17) is 9.47 Å². The lowest BCUT2D eigenvalue weighted by Gasteiger charge is -2.16. The number of methoxy groups -OCH3 is 1. The zero-order valence-electron chi connectivity index (χ0n) is 17.5. The van der Waals surface area contributed by atoms with Gasteiger partial charge in [-0.15, -0.1) is 0 Å². The van der Waals surface area contributed by atoms with Crippen LogP contribution in [0, 0.1) is 16.7 Å². The van der Waals surface area contributed by atoms with E-state index in [1.165, 1.54) is 17.5 Å². The number of nitrogens with zero attached hydrogens (tertiary/aromatic N) is 1. The zero-order valence-corrected chi connectivity index (χ0v) is 17.5. The summed E-state index contributed by atoms with van der Waals surface area (Å²) in [5.41, 5.74) is 3.95. The molecule has 0 saturated carbocycles. The number of ether oxygens (including phenoxy) is 2. The number of carbonyl (C=O) groups is 1. The van der Waals surface area contributed by atoms with E-state index < -0.39 is 5.41 Å². The molecule has 2 aromatic carbocycles. The molecule has 2 aromatic rings. The van der Waals surface area contributed by atoms with Gasteiger partial charge in [0.2, 0.25) is 0 Å². The number of fused-ring (bicyclic) bond motifs is 1. The van der Waals surface area contributed by atoms with Gasteiger partial charge >= 0.3 is 0 Å². The molecule has 0 radical (unpaired) electrons. The fraction of sp³-hybridized carbons (Fsp3) is 0.360. The molecule has 150 valence electrons. The minimum absolute atomic E-state index is 0.146. The highest BCUT2D eigenvalue weighted by Crippen LogP contribution is 2.28. The average Bonchev–Trinajstić information content (AvgIpc) is 3.17. The molecular formula is C25H27NO3. The van der Waals surface area contributed by atoms with Crippen LogP contribution in [0.5, 0.6) is 11.5 Å². The lowest BCUT2D eigenvalue weighted by atomic mass is 9.86. The second-order valence-electron chi connectivity index (χ2n) is 8.39. The molecule has 0 atom stereocenters. The summed E-state index contributed by atoms with van der Waals surface area (Å²) in [6.07, 6.45) is 5.09. The Bertz CT molecular complexity index is 990. The van der Waals surface area contributed by atoms with Crippen LogP contribution >= 0.6 is 0 Å². The first kappa shape index (κ1) is 20.7. The second-order valence-corrected chi connectivity index (χ2v) is 8.39. The number of carbonyl (C=O) groups excluding carboxylic acids is 1. The maximum atomic E-state index is 12.5. The minimum atomic E-state index is -0.604. The van der Waals surface area contributed by atoms with E-state index in [9.17, 15) is 10.1 Å². The Balaban J connectivity index is 1.82. The number of Topliss-reactive ketones (excluding diaryl/α,β-unsaturated/α-hetero) is 1. The Kier molecular flexibility index (Phi) is 6.08. The third kappa shape index (κ3) is 4.86. The van der Waals surface area contributed by atoms with Crippen molar-refractivity contribution in [1.29, 1.82) is 5.26 Å². The maximum absolute atomic E-state index is 12.5. The molecule has 3 rings (SSSR count). The summed E-state index contributed by atoms with van der Waals surface area (Å²) in [5.74, 6) is 1.38. The highest BCUT2D eigenvalue weighted by molar-refractivity contribution is 6.06. The van der Waals surface area contributed by atoms with Crippen molar-refractivity contribution in [3.05, 3.63) is 64.2 Å². The van der Waals surface area contributed by atoms with Crippen molar-refractivity contribution in [2.75, 3.05) is 7.11 Å². The summed E-state index contributed by atoms with van der Waals surface area (Å²) >= 11 is 0. The molecule has 0 bridgehead atoms. The first-order chi connectivity index (χ1) is 13.8. The third-order valence-electron chi connectivity index (χ3n) is 5.13. The number of aryl methyl sites for hydroxylation is 2. The van der Waals surface area contributed by atoms with Crippen molar-refractivity contribution in [3.63, 3.8) is 0 Å². The van der Waals surface area contributed by atoms with Gasteiger partial charge in [0.15, 0.2) is 5.78 Å². The standard InChI is InChI=1S/C25H27NO3/c1-25(2,3)24(27)20(15-26)12-17-8-11-23(28-4)21(13-17)16-29-22-10-9-18-6-5-7-19(18)14-22/h8-14H,5-7,16H2,1-4H3/b20-12-. The molecule has 0 N–H and O–H groups in total. The van der Waals surface area contributed by atoms with Crippen molar-refractivity contribution in [2.45, 2.75) is 46.6 Å². The van der Waals surface area contributed by atoms with Gasteiger partial charge in [-0.25, -0.2) is 0 Å². The second kappa shape index (κ2) is 8.53. The summed E-state index contributed by atoms with van der Waals surface area (Å²) in [6, 6.07) is 13.9. The Hall–Kier alpha value is -3.06. The number of allylic oxidation sites excluding steroid dienone is 1. The predicted octanol–water partition coefficient (Wildman–Crippen LogP) is 5.29. The quantitative estimate of drug-likeness (QED) is 0.498. The van der Waals surface area contributed by atoms with Crippen molar-refractivity contribution >= 4 is 11.9 Å². The Morgan fingerprint density at radius 3 is 2.59 bits per heavy atom. The molecule has 4 nitrogen and oxygen atoms in total. The zero-order chi connectivity index (χ0) is 21.0. The van der Waals surface area contributed by atoms with E-state index in [0.29, 0.717) is 12.4 Å². The van der Waals surface area contributed by atoms with Crippen LogP contribution in [0.4, 0.5) is 0 Å². The smallest absolute Gasteiger partial charge is 0.178 e. The SMILES string of the molecule is COc1ccc(/C=C(/C#N)C(=O)C(C)(C)C)cc1COc1ccc2c(c1)CCC2. The Morgan fingerprint density at radius 1 is 1.14 bits per heavy atom. The Morgan fingerprint density at radius 2 is 1.90 bits per heavy atom. The summed E-state index contributed by atoms with van der Waals surface area (Å²) in [4.78, 5) is 12.5. The lowest BCUT2D eigenvalue weighted by molar-refractivity contribution is -0.121. The van der Waals surface area contributed by atoms with Crippen molar-refractivity contribution < 1.29 is 14.3 Å². The molecule has 0 unspecified atom stereocenters. The van der Waals surface area contributed by atoms with Gasteiger partial charge in [-0.05, 0) is 66.3 Å². The van der Waals surface area contributed by atoms with E-state index in [2.05, 4.69) is 12.1 Å². The molecule has 4 heteroatoms. The van der Waals surface area contributed by atoms with E-state index in [1.54, 1.807) is 13.2 Å². The van der Waals surface area contributed by atoms with Gasteiger partial charge in [-0.3, -0.25) is 4.79 Å². The molecule has 0 saturated heterocycles. The van der Waals surface area contributed by atoms with Crippen LogP contribution in [0.1, 0.15) is 49.4 Å². The molecule has 0 fully saturated rings. The molecule has 0 aromatic heterocycles. The van der Waals surface area contributed by atoms with E-state index in [0.717, 1.165) is 29.7 Å². The van der Waals surface area contributed by atoms with E-state index in [-0.39, 0.29) is 11.4 Å². The van der Waals surface area contributed by atoms with Crippen LogP contribution in [0.3, 0.4) is 0 Å². The first-order valence-corrected chi connectivity index (χ1v) is 9.90. The van der Waals surface area contributed by atoms with Crippen LogP contribution in [-0.2, 0) is 24.2 Å². The summed E-state index contributed by atoms with van der Waals surface area (Å²) < 4.78 is 11.5. The molecule has 1 aliphatic carbocycles. The van der Waals surface area contributed by atoms with Gasteiger partial charge in [0.1, 0.15) is 24.2 Å². The highest BCUT2D eigenvalue weighted by Gasteiger charge is 2.25. The fourth-order valence-corrected chi connectivity index (χ4v) is 3.52. The van der Waals surface area contributed by atoms with Gasteiger partial charge in [-0.2, -0.15) is 5.26 Å². The third-order valence-corrected chi connectivity index (χ3v) is 5.13. The number of nitriles is 1. The monoisotopic (exact) mass is 389 g/mol. The number of hydrogen-bond acceptors (Lipinski definition) is 4. The summed E-state index contributed by atoms with van der Waals surface area (Å²) in [5, 5.41) is 9.43. The van der Waals surface area contributed by atoms with E-state index in [1.807, 2.05) is 51.1 Å². The predicted molar refractivity (Wildman–Crippen MR) is 114 cm³/mol. The van der Waals surface area contributed by atoms with E-state index >= 15 is 0 Å². The minimum Gasteiger partial charge on any atom is -0.496 e. The fourth-order valence-electron chi connectivity index (χ4n) is 3.52. The van der Waals surface area contributed by atoms with Gasteiger partial charge in [0.25, 0.3) is 0 Å². The van der Waals surface area contributed by atoms with Crippen molar-refractivity contribution in [3.8, 4) is 17.6 Å². The van der Waals surface area contributed by atoms with Crippen LogP contribution in [-0.4, -0.2) is 12.9 Å². The highest BCUT2D eigenvalue weighted by atomic mass is 16.5. The number of hydrogen-bond donors (Lipinski definition) is 0. The van der Waals surface area contributed by atoms with Crippen molar-refractivity contribution in [2.24, 2.45) is 5.41 Å². The molecule has 0 heterocycles. The van der Waals surface area contributed by atoms with Gasteiger partial charge in [0.05, 0.1) is 12.7 Å². The van der Waals surface area contributed by atoms with Crippen LogP contribution < -0.4 is 9.47 Å². The topological polar surface area (TPSA) is 59.3 Å². The average molecular weight is 389 g/mol. The largest absolute Gasteiger partial charge is 0.496 e. The van der Waals surface area contributed by atoms with Crippen molar-refractivity contribution in [1.82, 2.24) is 0 Å². The van der Waals surface area contributed by atoms with Gasteiger partial charge < -0.3 is 9.47 Å². The summed E-state index contributed by atoms with van der Waals surface area (Å²) in [6.45, 7) is 5.78. The normalized spacial score (nSPS) is 13.6. The molecule has 0 spiro atoms. The molecule has 0 amide bonds. The van der Waals surface area contributed by atoms with Crippen LogP contribution in [0.25, 0.3) is 6.08 Å². The molecule has 29 heavy (non-hydrogen) atoms. The first-order valence-electron chi connectivity index (χ1n) is 9.90. The number of rotatable bonds is 6. The molecule has 1 aliphatic rings.